The highest BCUT2D eigenvalue weighted by Crippen LogP contribution is 2.38. The van der Waals surface area contributed by atoms with Gasteiger partial charge in [0.05, 0.1) is 0 Å². The number of ketones is 1. The Balaban J connectivity index is 2.65. The average molecular weight is 365 g/mol. The van der Waals surface area contributed by atoms with E-state index in [1.54, 1.807) is 0 Å². The van der Waals surface area contributed by atoms with Gasteiger partial charge in [0.1, 0.15) is 19.1 Å². The molecule has 0 aliphatic heterocycles. The van der Waals surface area contributed by atoms with E-state index < -0.39 is 20.4 Å². The maximum absolute atomic E-state index is 12.6. The summed E-state index contributed by atoms with van der Waals surface area (Å²) < 4.78 is 11.5. The van der Waals surface area contributed by atoms with Gasteiger partial charge in [-0.3, -0.25) is 9.59 Å². The van der Waals surface area contributed by atoms with E-state index in [2.05, 4.69) is 33.9 Å². The Bertz CT molecular complexity index is 573. The van der Waals surface area contributed by atoms with Crippen LogP contribution in [0.4, 0.5) is 0 Å². The summed E-state index contributed by atoms with van der Waals surface area (Å²) in [5.74, 6) is -0.681. The van der Waals surface area contributed by atoms with E-state index in [1.165, 1.54) is 0 Å². The predicted octanol–water partition coefficient (Wildman–Crippen LogP) is 4.74. The van der Waals surface area contributed by atoms with Crippen LogP contribution in [0.1, 0.15) is 46.6 Å². The first-order valence-electron chi connectivity index (χ1n) is 8.84. The SMILES string of the molecule is CC(C)[C@@H](O[Si](C)(C)C(C)(C)C)C(=O)CC(=O)OCc1ccccc1. The number of ether oxygens (including phenoxy) is 1. The monoisotopic (exact) mass is 364 g/mol. The fourth-order valence-electron chi connectivity index (χ4n) is 2.10. The molecule has 140 valence electrons. The molecule has 4 nitrogen and oxygen atoms in total. The number of carbonyl (C=O) groups excluding carboxylic acids is 2. The molecule has 0 saturated carbocycles. The van der Waals surface area contributed by atoms with Crippen LogP contribution in [0, 0.1) is 5.92 Å². The summed E-state index contributed by atoms with van der Waals surface area (Å²) in [6.07, 6.45) is -0.810. The summed E-state index contributed by atoms with van der Waals surface area (Å²) in [7, 11) is -2.09. The van der Waals surface area contributed by atoms with E-state index in [4.69, 9.17) is 9.16 Å². The van der Waals surface area contributed by atoms with Crippen LogP contribution in [0.5, 0.6) is 0 Å². The van der Waals surface area contributed by atoms with Crippen molar-refractivity contribution in [2.45, 2.75) is 71.9 Å². The minimum Gasteiger partial charge on any atom is -0.460 e. The molecule has 0 unspecified atom stereocenters. The topological polar surface area (TPSA) is 52.6 Å². The molecule has 0 fully saturated rings. The molecule has 0 aromatic heterocycles. The summed E-state index contributed by atoms with van der Waals surface area (Å²) in [6.45, 7) is 14.7. The smallest absolute Gasteiger partial charge is 0.313 e. The lowest BCUT2D eigenvalue weighted by atomic mass is 10.0. The van der Waals surface area contributed by atoms with E-state index in [-0.39, 0.29) is 29.8 Å². The molecule has 5 heteroatoms. The second kappa shape index (κ2) is 8.76. The molecule has 0 radical (unpaired) electrons. The zero-order valence-corrected chi connectivity index (χ0v) is 17.6. The Kier molecular flexibility index (Phi) is 7.56. The van der Waals surface area contributed by atoms with E-state index >= 15 is 0 Å². The van der Waals surface area contributed by atoms with Crippen LogP contribution in [0.15, 0.2) is 30.3 Å². The van der Waals surface area contributed by atoms with Crippen molar-refractivity contribution in [2.75, 3.05) is 0 Å². The lowest BCUT2D eigenvalue weighted by molar-refractivity contribution is -0.149. The van der Waals surface area contributed by atoms with Gasteiger partial charge in [0, 0.05) is 0 Å². The van der Waals surface area contributed by atoms with E-state index in [0.29, 0.717) is 0 Å². The molecule has 0 amide bonds. The van der Waals surface area contributed by atoms with Crippen molar-refractivity contribution < 1.29 is 18.8 Å². The van der Waals surface area contributed by atoms with E-state index in [1.807, 2.05) is 44.2 Å². The quantitative estimate of drug-likeness (QED) is 0.380. The predicted molar refractivity (Wildman–Crippen MR) is 103 cm³/mol. The van der Waals surface area contributed by atoms with Crippen molar-refractivity contribution >= 4 is 20.1 Å². The number of Topliss-reactive ketones (excluding diaryl/α,β-unsaturated/α-hetero) is 1. The molecule has 1 atom stereocenters. The molecule has 1 aromatic rings. The minimum atomic E-state index is -2.09. The van der Waals surface area contributed by atoms with Crippen LogP contribution in [0.3, 0.4) is 0 Å². The molecular formula is C20H32O4Si. The summed E-state index contributed by atoms with van der Waals surface area (Å²) in [4.78, 5) is 24.6. The fourth-order valence-corrected chi connectivity index (χ4v) is 3.49. The van der Waals surface area contributed by atoms with Gasteiger partial charge in [-0.1, -0.05) is 65.0 Å². The number of carbonyl (C=O) groups is 2. The molecule has 0 aliphatic carbocycles. The maximum atomic E-state index is 12.6. The molecular weight excluding hydrogens is 332 g/mol. The Morgan fingerprint density at radius 3 is 2.12 bits per heavy atom. The Morgan fingerprint density at radius 2 is 1.64 bits per heavy atom. The molecule has 0 aliphatic rings. The molecule has 25 heavy (non-hydrogen) atoms. The van der Waals surface area contributed by atoms with E-state index in [0.717, 1.165) is 5.56 Å². The number of hydrogen-bond donors (Lipinski definition) is 0. The highest BCUT2D eigenvalue weighted by molar-refractivity contribution is 6.74. The van der Waals surface area contributed by atoms with Crippen LogP contribution in [-0.4, -0.2) is 26.2 Å². The van der Waals surface area contributed by atoms with Gasteiger partial charge >= 0.3 is 5.97 Å². The summed E-state index contributed by atoms with van der Waals surface area (Å²) in [6, 6.07) is 9.44. The van der Waals surface area contributed by atoms with Crippen molar-refractivity contribution in [1.29, 1.82) is 0 Å². The van der Waals surface area contributed by atoms with Gasteiger partial charge < -0.3 is 9.16 Å². The van der Waals surface area contributed by atoms with Gasteiger partial charge in [-0.2, -0.15) is 0 Å². The van der Waals surface area contributed by atoms with Gasteiger partial charge in [0.25, 0.3) is 0 Å². The number of hydrogen-bond acceptors (Lipinski definition) is 4. The van der Waals surface area contributed by atoms with E-state index in [9.17, 15) is 9.59 Å². The maximum Gasteiger partial charge on any atom is 0.313 e. The molecule has 0 heterocycles. The standard InChI is InChI=1S/C20H32O4Si/c1-15(2)19(24-25(6,7)20(3,4)5)17(21)13-18(22)23-14-16-11-9-8-10-12-16/h8-12,15,19H,13-14H2,1-7H3/t19-/m1/s1. The minimum absolute atomic E-state index is 0.00817. The van der Waals surface area contributed by atoms with Crippen LogP contribution in [0.25, 0.3) is 0 Å². The van der Waals surface area contributed by atoms with Crippen molar-refractivity contribution in [3.63, 3.8) is 0 Å². The van der Waals surface area contributed by atoms with Gasteiger partial charge in [0.2, 0.25) is 0 Å². The van der Waals surface area contributed by atoms with Crippen molar-refractivity contribution in [1.82, 2.24) is 0 Å². The third-order valence-electron chi connectivity index (χ3n) is 4.71. The van der Waals surface area contributed by atoms with Gasteiger partial charge in [-0.25, -0.2) is 0 Å². The first kappa shape index (κ1) is 21.6. The summed E-state index contributed by atoms with van der Waals surface area (Å²) >= 11 is 0. The lowest BCUT2D eigenvalue weighted by Gasteiger charge is -2.39. The van der Waals surface area contributed by atoms with Crippen molar-refractivity contribution in [2.24, 2.45) is 5.92 Å². The fraction of sp³-hybridized carbons (Fsp3) is 0.600. The Hall–Kier alpha value is -1.46. The number of esters is 1. The molecule has 1 aromatic carbocycles. The van der Waals surface area contributed by atoms with Crippen LogP contribution in [-0.2, 0) is 25.4 Å². The molecule has 0 N–H and O–H groups in total. The van der Waals surface area contributed by atoms with Crippen molar-refractivity contribution in [3.05, 3.63) is 35.9 Å². The first-order chi connectivity index (χ1) is 11.4. The van der Waals surface area contributed by atoms with Gasteiger partial charge in [0.15, 0.2) is 14.1 Å². The third kappa shape index (κ3) is 6.75. The highest BCUT2D eigenvalue weighted by atomic mass is 28.4. The lowest BCUT2D eigenvalue weighted by Crippen LogP contribution is -2.48. The van der Waals surface area contributed by atoms with Gasteiger partial charge in [-0.05, 0) is 29.6 Å². The Labute approximate surface area is 153 Å². The second-order valence-electron chi connectivity index (χ2n) is 8.33. The van der Waals surface area contributed by atoms with Gasteiger partial charge in [-0.15, -0.1) is 0 Å². The number of rotatable bonds is 8. The number of benzene rings is 1. The molecule has 0 saturated heterocycles. The normalized spacial score (nSPS) is 13.6. The summed E-state index contributed by atoms with van der Waals surface area (Å²) in [5.41, 5.74) is 0.904. The molecule has 1 rings (SSSR count). The molecule has 0 bridgehead atoms. The third-order valence-corrected chi connectivity index (χ3v) is 9.17. The second-order valence-corrected chi connectivity index (χ2v) is 13.1. The van der Waals surface area contributed by atoms with Crippen LogP contribution < -0.4 is 0 Å². The summed E-state index contributed by atoms with van der Waals surface area (Å²) in [5, 5.41) is 0.00817. The largest absolute Gasteiger partial charge is 0.460 e. The zero-order valence-electron chi connectivity index (χ0n) is 16.6. The van der Waals surface area contributed by atoms with Crippen molar-refractivity contribution in [3.8, 4) is 0 Å². The average Bonchev–Trinajstić information content (AvgIpc) is 2.50. The highest BCUT2D eigenvalue weighted by Gasteiger charge is 2.41. The Morgan fingerprint density at radius 1 is 1.08 bits per heavy atom. The van der Waals surface area contributed by atoms with Crippen LogP contribution in [0.2, 0.25) is 18.1 Å². The molecule has 0 spiro atoms. The first-order valence-corrected chi connectivity index (χ1v) is 11.7. The van der Waals surface area contributed by atoms with Crippen LogP contribution >= 0.6 is 0 Å². The zero-order chi connectivity index (χ0) is 19.3.